The van der Waals surface area contributed by atoms with Crippen LogP contribution in [0.15, 0.2) is 59.6 Å². The van der Waals surface area contributed by atoms with Crippen molar-refractivity contribution in [2.45, 2.75) is 24.8 Å². The third kappa shape index (κ3) is 4.47. The quantitative estimate of drug-likeness (QED) is 0.606. The normalized spacial score (nSPS) is 11.5. The van der Waals surface area contributed by atoms with Crippen LogP contribution in [-0.2, 0) is 23.0 Å². The molecule has 0 fully saturated rings. The number of aromatic nitrogens is 1. The lowest BCUT2D eigenvalue weighted by atomic mass is 10.1. The molecule has 4 N–H and O–H groups in total. The topological polar surface area (TPSA) is 106 Å². The molecule has 3 aromatic rings. The van der Waals surface area contributed by atoms with Gasteiger partial charge in [0.1, 0.15) is 0 Å². The fraction of sp³-hybridized carbons (Fsp3) is 0.211. The predicted octanol–water partition coefficient (Wildman–Crippen LogP) is 2.67. The Balaban J connectivity index is 1.58. The highest BCUT2D eigenvalue weighted by Crippen LogP contribution is 2.25. The van der Waals surface area contributed by atoms with Crippen LogP contribution < -0.4 is 15.8 Å². The lowest BCUT2D eigenvalue weighted by Crippen LogP contribution is -2.30. The second kappa shape index (κ2) is 7.81. The number of aryl methyl sites for hydroxylation is 1. The van der Waals surface area contributed by atoms with Crippen LogP contribution in [-0.4, -0.2) is 25.6 Å². The number of hydrogen-bond acceptors (Lipinski definition) is 3. The van der Waals surface area contributed by atoms with Crippen LogP contribution in [0.3, 0.4) is 0 Å². The van der Waals surface area contributed by atoms with Crippen molar-refractivity contribution >= 4 is 32.6 Å². The lowest BCUT2D eigenvalue weighted by molar-refractivity contribution is 0.252. The van der Waals surface area contributed by atoms with Crippen molar-refractivity contribution in [3.8, 4) is 0 Å². The number of carbonyl (C=O) groups excluding carboxylic acids is 1. The second-order valence-corrected chi connectivity index (χ2v) is 7.73. The van der Waals surface area contributed by atoms with Gasteiger partial charge in [-0.15, -0.1) is 0 Å². The first-order valence-electron chi connectivity index (χ1n) is 8.63. The number of carbonyl (C=O) groups is 1. The van der Waals surface area contributed by atoms with E-state index < -0.39 is 10.0 Å². The lowest BCUT2D eigenvalue weighted by Gasteiger charge is -2.07. The summed E-state index contributed by atoms with van der Waals surface area (Å²) in [6.07, 6.45) is 2.51. The number of amides is 2. The Labute approximate surface area is 158 Å². The molecule has 0 aliphatic rings. The standard InChI is InChI=1S/C19H22N4O3S/c1-2-23-13-17(16-5-3-4-6-18(16)23)22-19(24)21-12-11-14-7-9-15(10-8-14)27(20,25)26/h3-10,13H,2,11-12H2,1H3,(H2,20,25,26)(H2,21,22,24). The Morgan fingerprint density at radius 2 is 1.81 bits per heavy atom. The number of nitrogens with two attached hydrogens (primary N) is 1. The fourth-order valence-corrected chi connectivity index (χ4v) is 3.46. The zero-order valence-corrected chi connectivity index (χ0v) is 15.8. The molecule has 0 unspecified atom stereocenters. The van der Waals surface area contributed by atoms with E-state index >= 15 is 0 Å². The number of benzene rings is 2. The van der Waals surface area contributed by atoms with Crippen LogP contribution in [0.1, 0.15) is 12.5 Å². The van der Waals surface area contributed by atoms with Crippen LogP contribution in [0.5, 0.6) is 0 Å². The van der Waals surface area contributed by atoms with E-state index in [0.29, 0.717) is 13.0 Å². The van der Waals surface area contributed by atoms with E-state index in [2.05, 4.69) is 22.1 Å². The summed E-state index contributed by atoms with van der Waals surface area (Å²) >= 11 is 0. The van der Waals surface area contributed by atoms with Crippen LogP contribution in [0.4, 0.5) is 10.5 Å². The largest absolute Gasteiger partial charge is 0.346 e. The zero-order chi connectivity index (χ0) is 19.4. The smallest absolute Gasteiger partial charge is 0.319 e. The summed E-state index contributed by atoms with van der Waals surface area (Å²) in [5.74, 6) is 0. The maximum Gasteiger partial charge on any atom is 0.319 e. The van der Waals surface area contributed by atoms with Gasteiger partial charge < -0.3 is 15.2 Å². The minimum Gasteiger partial charge on any atom is -0.346 e. The summed E-state index contributed by atoms with van der Waals surface area (Å²) in [4.78, 5) is 12.3. The Hall–Kier alpha value is -2.84. The Bertz CT molecular complexity index is 1060. The summed E-state index contributed by atoms with van der Waals surface area (Å²) in [7, 11) is -3.69. The molecule has 8 heteroatoms. The molecular formula is C19H22N4O3S. The van der Waals surface area contributed by atoms with Crippen molar-refractivity contribution in [3.63, 3.8) is 0 Å². The number of urea groups is 1. The van der Waals surface area contributed by atoms with Crippen LogP contribution >= 0.6 is 0 Å². The highest BCUT2D eigenvalue weighted by atomic mass is 32.2. The second-order valence-electron chi connectivity index (χ2n) is 6.17. The molecule has 142 valence electrons. The molecule has 0 aliphatic carbocycles. The molecule has 2 amide bonds. The number of anilines is 1. The summed E-state index contributed by atoms with van der Waals surface area (Å²) < 4.78 is 24.6. The molecule has 3 rings (SSSR count). The molecule has 0 aliphatic heterocycles. The van der Waals surface area contributed by atoms with Crippen molar-refractivity contribution in [1.29, 1.82) is 0 Å². The van der Waals surface area contributed by atoms with Gasteiger partial charge in [0, 0.05) is 24.7 Å². The fourth-order valence-electron chi connectivity index (χ4n) is 2.94. The van der Waals surface area contributed by atoms with Gasteiger partial charge >= 0.3 is 6.03 Å². The number of nitrogens with one attached hydrogen (secondary N) is 2. The van der Waals surface area contributed by atoms with E-state index in [1.54, 1.807) is 12.1 Å². The zero-order valence-electron chi connectivity index (χ0n) is 15.0. The summed E-state index contributed by atoms with van der Waals surface area (Å²) in [6.45, 7) is 3.29. The van der Waals surface area contributed by atoms with E-state index in [9.17, 15) is 13.2 Å². The molecule has 1 heterocycles. The van der Waals surface area contributed by atoms with Gasteiger partial charge in [0.25, 0.3) is 0 Å². The molecule has 0 bridgehead atoms. The number of primary sulfonamides is 1. The van der Waals surface area contributed by atoms with Crippen molar-refractivity contribution in [2.75, 3.05) is 11.9 Å². The maximum absolute atomic E-state index is 12.2. The van der Waals surface area contributed by atoms with Gasteiger partial charge in [-0.25, -0.2) is 18.4 Å². The van der Waals surface area contributed by atoms with Crippen LogP contribution in [0, 0.1) is 0 Å². The van der Waals surface area contributed by atoms with Gasteiger partial charge in [0.2, 0.25) is 10.0 Å². The molecule has 0 saturated heterocycles. The summed E-state index contributed by atoms with van der Waals surface area (Å²) in [5, 5.41) is 11.8. The number of fused-ring (bicyclic) bond motifs is 1. The van der Waals surface area contributed by atoms with Gasteiger partial charge in [0.15, 0.2) is 0 Å². The molecule has 2 aromatic carbocycles. The van der Waals surface area contributed by atoms with Crippen LogP contribution in [0.25, 0.3) is 10.9 Å². The van der Waals surface area contributed by atoms with Crippen molar-refractivity contribution in [2.24, 2.45) is 5.14 Å². The highest BCUT2D eigenvalue weighted by molar-refractivity contribution is 7.89. The molecule has 0 spiro atoms. The van der Waals surface area contributed by atoms with Crippen LogP contribution in [0.2, 0.25) is 0 Å². The molecule has 7 nitrogen and oxygen atoms in total. The third-order valence-corrected chi connectivity index (χ3v) is 5.26. The number of para-hydroxylation sites is 1. The van der Waals surface area contributed by atoms with Gasteiger partial charge in [-0.05, 0) is 37.1 Å². The molecule has 0 atom stereocenters. The van der Waals surface area contributed by atoms with E-state index in [1.807, 2.05) is 30.5 Å². The first-order chi connectivity index (χ1) is 12.9. The SMILES string of the molecule is CCn1cc(NC(=O)NCCc2ccc(S(N)(=O)=O)cc2)c2ccccc21. The monoisotopic (exact) mass is 386 g/mol. The predicted molar refractivity (Wildman–Crippen MR) is 106 cm³/mol. The maximum atomic E-state index is 12.2. The number of nitrogens with zero attached hydrogens (tertiary/aromatic N) is 1. The Morgan fingerprint density at radius 3 is 2.48 bits per heavy atom. The number of sulfonamides is 1. The minimum atomic E-state index is -3.69. The Kier molecular flexibility index (Phi) is 5.48. The molecule has 0 saturated carbocycles. The van der Waals surface area contributed by atoms with E-state index in [0.717, 1.165) is 28.7 Å². The molecular weight excluding hydrogens is 364 g/mol. The van der Waals surface area contributed by atoms with Gasteiger partial charge in [-0.1, -0.05) is 30.3 Å². The van der Waals surface area contributed by atoms with Gasteiger partial charge in [-0.2, -0.15) is 0 Å². The number of rotatable bonds is 6. The Morgan fingerprint density at radius 1 is 1.11 bits per heavy atom. The average molecular weight is 386 g/mol. The molecule has 1 aromatic heterocycles. The van der Waals surface area contributed by atoms with Crippen molar-refractivity contribution in [3.05, 3.63) is 60.3 Å². The van der Waals surface area contributed by atoms with E-state index in [1.165, 1.54) is 12.1 Å². The average Bonchev–Trinajstić information content (AvgIpc) is 2.99. The number of hydrogen-bond donors (Lipinski definition) is 3. The summed E-state index contributed by atoms with van der Waals surface area (Å²) in [6, 6.07) is 13.9. The van der Waals surface area contributed by atoms with Crippen molar-refractivity contribution < 1.29 is 13.2 Å². The van der Waals surface area contributed by atoms with Gasteiger partial charge in [0.05, 0.1) is 16.1 Å². The first-order valence-corrected chi connectivity index (χ1v) is 10.2. The van der Waals surface area contributed by atoms with E-state index in [4.69, 9.17) is 5.14 Å². The molecule has 0 radical (unpaired) electrons. The minimum absolute atomic E-state index is 0.0734. The molecule has 27 heavy (non-hydrogen) atoms. The highest BCUT2D eigenvalue weighted by Gasteiger charge is 2.10. The van der Waals surface area contributed by atoms with Gasteiger partial charge in [-0.3, -0.25) is 0 Å². The van der Waals surface area contributed by atoms with E-state index in [-0.39, 0.29) is 10.9 Å². The third-order valence-electron chi connectivity index (χ3n) is 4.33. The summed E-state index contributed by atoms with van der Waals surface area (Å²) in [5.41, 5.74) is 2.75. The first kappa shape index (κ1) is 18.9. The van der Waals surface area contributed by atoms with Crippen molar-refractivity contribution in [1.82, 2.24) is 9.88 Å².